The second-order valence-electron chi connectivity index (χ2n) is 4.04. The fraction of sp³-hybridized carbons (Fsp3) is 0.583. The van der Waals surface area contributed by atoms with E-state index in [-0.39, 0.29) is 5.91 Å². The van der Waals surface area contributed by atoms with Gasteiger partial charge in [0.25, 0.3) is 5.91 Å². The molecule has 0 spiro atoms. The number of nitrogens with two attached hydrogens (primary N) is 1. The number of aromatic amines is 1. The summed E-state index contributed by atoms with van der Waals surface area (Å²) >= 11 is 0. The van der Waals surface area contributed by atoms with Gasteiger partial charge in [-0.3, -0.25) is 4.79 Å². The number of aromatic nitrogens is 1. The fourth-order valence-electron chi connectivity index (χ4n) is 1.71. The van der Waals surface area contributed by atoms with Crippen LogP contribution in [0, 0.1) is 0 Å². The molecule has 0 aromatic carbocycles. The van der Waals surface area contributed by atoms with Gasteiger partial charge >= 0.3 is 0 Å². The van der Waals surface area contributed by atoms with Gasteiger partial charge in [0.05, 0.1) is 0 Å². The minimum atomic E-state index is -0.103. The number of nitrogens with one attached hydrogen (secondary N) is 2. The lowest BCUT2D eigenvalue weighted by molar-refractivity contribution is 0.0944. The maximum atomic E-state index is 11.7. The number of rotatable bonds is 7. The van der Waals surface area contributed by atoms with E-state index in [0.717, 1.165) is 26.1 Å². The number of hydrogen-bond acceptors (Lipinski definition) is 3. The molecule has 0 fully saturated rings. The maximum Gasteiger partial charge on any atom is 0.267 e. The zero-order valence-corrected chi connectivity index (χ0v) is 10.6. The Morgan fingerprint density at radius 1 is 1.47 bits per heavy atom. The number of likely N-dealkylation sites (N-methyl/N-ethyl adjacent to an activating group) is 1. The van der Waals surface area contributed by atoms with Crippen molar-refractivity contribution in [3.63, 3.8) is 0 Å². The fourth-order valence-corrected chi connectivity index (χ4v) is 1.71. The molecule has 5 heteroatoms. The highest BCUT2D eigenvalue weighted by Crippen LogP contribution is 2.03. The van der Waals surface area contributed by atoms with Gasteiger partial charge in [0.2, 0.25) is 0 Å². The third kappa shape index (κ3) is 4.48. The van der Waals surface area contributed by atoms with E-state index in [2.05, 4.69) is 29.0 Å². The predicted octanol–water partition coefficient (Wildman–Crippen LogP) is 1.06. The summed E-state index contributed by atoms with van der Waals surface area (Å²) in [6.45, 7) is 7.91. The minimum Gasteiger partial charge on any atom is -0.397 e. The third-order valence-electron chi connectivity index (χ3n) is 2.65. The molecule has 17 heavy (non-hydrogen) atoms. The summed E-state index contributed by atoms with van der Waals surface area (Å²) in [5.41, 5.74) is 6.63. The molecule has 1 amide bonds. The van der Waals surface area contributed by atoms with Crippen molar-refractivity contribution in [2.24, 2.45) is 0 Å². The van der Waals surface area contributed by atoms with Crippen LogP contribution in [0.5, 0.6) is 0 Å². The zero-order valence-electron chi connectivity index (χ0n) is 10.6. The monoisotopic (exact) mass is 238 g/mol. The third-order valence-corrected chi connectivity index (χ3v) is 2.65. The van der Waals surface area contributed by atoms with Gasteiger partial charge in [0.1, 0.15) is 5.69 Å². The first-order chi connectivity index (χ1) is 8.17. The number of carbonyl (C=O) groups is 1. The molecule has 1 rings (SSSR count). The van der Waals surface area contributed by atoms with Crippen LogP contribution in [0.2, 0.25) is 0 Å². The van der Waals surface area contributed by atoms with Crippen LogP contribution in [0.1, 0.15) is 30.8 Å². The van der Waals surface area contributed by atoms with E-state index in [1.165, 1.54) is 0 Å². The summed E-state index contributed by atoms with van der Waals surface area (Å²) in [6.07, 6.45) is 2.75. The topological polar surface area (TPSA) is 74.2 Å². The van der Waals surface area contributed by atoms with E-state index in [4.69, 9.17) is 5.73 Å². The second-order valence-corrected chi connectivity index (χ2v) is 4.04. The maximum absolute atomic E-state index is 11.7. The average Bonchev–Trinajstić information content (AvgIpc) is 2.74. The highest BCUT2D eigenvalue weighted by atomic mass is 16.1. The van der Waals surface area contributed by atoms with Crippen molar-refractivity contribution in [3.05, 3.63) is 18.0 Å². The number of hydrogen-bond donors (Lipinski definition) is 3. The van der Waals surface area contributed by atoms with Gasteiger partial charge < -0.3 is 20.9 Å². The smallest absolute Gasteiger partial charge is 0.267 e. The van der Waals surface area contributed by atoms with Crippen molar-refractivity contribution < 1.29 is 4.79 Å². The molecule has 5 nitrogen and oxygen atoms in total. The van der Waals surface area contributed by atoms with Crippen LogP contribution in [-0.2, 0) is 0 Å². The first-order valence-corrected chi connectivity index (χ1v) is 6.11. The Labute approximate surface area is 102 Å². The van der Waals surface area contributed by atoms with E-state index in [9.17, 15) is 4.79 Å². The molecule has 0 bridgehead atoms. The van der Waals surface area contributed by atoms with Crippen LogP contribution in [0.3, 0.4) is 0 Å². The summed E-state index contributed by atoms with van der Waals surface area (Å²) in [5, 5.41) is 2.87. The molecule has 0 saturated heterocycles. The van der Waals surface area contributed by atoms with Gasteiger partial charge in [0.15, 0.2) is 0 Å². The normalized spacial score (nSPS) is 10.8. The first kappa shape index (κ1) is 13.6. The van der Waals surface area contributed by atoms with Gasteiger partial charge in [-0.2, -0.15) is 0 Å². The van der Waals surface area contributed by atoms with E-state index in [0.29, 0.717) is 17.9 Å². The second kappa shape index (κ2) is 6.96. The molecule has 0 aliphatic rings. The summed E-state index contributed by atoms with van der Waals surface area (Å²) in [6, 6.07) is 1.64. The molecule has 0 saturated carbocycles. The van der Waals surface area contributed by atoms with Crippen LogP contribution in [-0.4, -0.2) is 42.0 Å². The lowest BCUT2D eigenvalue weighted by atomic mass is 10.3. The number of nitrogen functional groups attached to an aromatic ring is 1. The number of H-pyrrole nitrogens is 1. The van der Waals surface area contributed by atoms with Crippen molar-refractivity contribution in [2.45, 2.75) is 20.3 Å². The quantitative estimate of drug-likeness (QED) is 0.665. The standard InChI is InChI=1S/C12H22N4O/c1-3-6-16(4-2)7-5-14-12(17)11-8-10(13)9-15-11/h8-9,15H,3-7,13H2,1-2H3,(H,14,17). The Morgan fingerprint density at radius 2 is 2.24 bits per heavy atom. The van der Waals surface area contributed by atoms with E-state index in [1.54, 1.807) is 12.3 Å². The molecular formula is C12H22N4O. The van der Waals surface area contributed by atoms with Gasteiger partial charge in [-0.1, -0.05) is 13.8 Å². The lowest BCUT2D eigenvalue weighted by Gasteiger charge is -2.19. The highest BCUT2D eigenvalue weighted by Gasteiger charge is 2.07. The zero-order chi connectivity index (χ0) is 12.7. The Kier molecular flexibility index (Phi) is 5.56. The van der Waals surface area contributed by atoms with Crippen LogP contribution >= 0.6 is 0 Å². The SMILES string of the molecule is CCCN(CC)CCNC(=O)c1cc(N)c[nH]1. The predicted molar refractivity (Wildman–Crippen MR) is 69.9 cm³/mol. The van der Waals surface area contributed by atoms with Crippen molar-refractivity contribution in [2.75, 3.05) is 31.9 Å². The molecule has 0 unspecified atom stereocenters. The van der Waals surface area contributed by atoms with Crippen molar-refractivity contribution in [3.8, 4) is 0 Å². The molecular weight excluding hydrogens is 216 g/mol. The lowest BCUT2D eigenvalue weighted by Crippen LogP contribution is -2.35. The highest BCUT2D eigenvalue weighted by molar-refractivity contribution is 5.93. The van der Waals surface area contributed by atoms with E-state index in [1.807, 2.05) is 0 Å². The molecule has 96 valence electrons. The van der Waals surface area contributed by atoms with Crippen LogP contribution in [0.25, 0.3) is 0 Å². The Bertz CT molecular complexity index is 348. The van der Waals surface area contributed by atoms with Gasteiger partial charge in [-0.05, 0) is 25.6 Å². The number of carbonyl (C=O) groups excluding carboxylic acids is 1. The summed E-state index contributed by atoms with van der Waals surface area (Å²) in [7, 11) is 0. The molecule has 0 aliphatic carbocycles. The Hall–Kier alpha value is -1.49. The van der Waals surface area contributed by atoms with Crippen LogP contribution < -0.4 is 11.1 Å². The molecule has 1 heterocycles. The largest absolute Gasteiger partial charge is 0.397 e. The average molecular weight is 238 g/mol. The van der Waals surface area contributed by atoms with Crippen LogP contribution in [0.15, 0.2) is 12.3 Å². The molecule has 1 aromatic heterocycles. The number of nitrogens with zero attached hydrogens (tertiary/aromatic N) is 1. The summed E-state index contributed by atoms with van der Waals surface area (Å²) < 4.78 is 0. The first-order valence-electron chi connectivity index (χ1n) is 6.11. The van der Waals surface area contributed by atoms with Crippen molar-refractivity contribution in [1.29, 1.82) is 0 Å². The molecule has 0 aliphatic heterocycles. The van der Waals surface area contributed by atoms with Crippen LogP contribution in [0.4, 0.5) is 5.69 Å². The Balaban J connectivity index is 2.28. The summed E-state index contributed by atoms with van der Waals surface area (Å²) in [4.78, 5) is 16.8. The van der Waals surface area contributed by atoms with E-state index >= 15 is 0 Å². The Morgan fingerprint density at radius 3 is 2.76 bits per heavy atom. The van der Waals surface area contributed by atoms with Gasteiger partial charge in [-0.25, -0.2) is 0 Å². The molecule has 1 aromatic rings. The van der Waals surface area contributed by atoms with Gasteiger partial charge in [-0.15, -0.1) is 0 Å². The minimum absolute atomic E-state index is 0.103. The van der Waals surface area contributed by atoms with Gasteiger partial charge in [0, 0.05) is 25.0 Å². The molecule has 4 N–H and O–H groups in total. The number of amides is 1. The molecule has 0 radical (unpaired) electrons. The van der Waals surface area contributed by atoms with E-state index < -0.39 is 0 Å². The molecule has 0 atom stereocenters. The summed E-state index contributed by atoms with van der Waals surface area (Å²) in [5.74, 6) is -0.103. The van der Waals surface area contributed by atoms with Crippen molar-refractivity contribution >= 4 is 11.6 Å². The number of anilines is 1. The van der Waals surface area contributed by atoms with Crippen molar-refractivity contribution in [1.82, 2.24) is 15.2 Å².